The van der Waals surface area contributed by atoms with E-state index in [1.165, 1.54) is 37.7 Å². The molecule has 3 aromatic heterocycles. The van der Waals surface area contributed by atoms with E-state index in [1.54, 1.807) is 0 Å². The second-order valence-corrected chi connectivity index (χ2v) is 16.8. The van der Waals surface area contributed by atoms with Gasteiger partial charge in [-0.05, 0) is 86.6 Å². The highest BCUT2D eigenvalue weighted by atomic mass is 15.0. The van der Waals surface area contributed by atoms with Crippen LogP contribution in [0.2, 0.25) is 0 Å². The van der Waals surface area contributed by atoms with Gasteiger partial charge in [-0.2, -0.15) is 0 Å². The predicted molar refractivity (Wildman–Crippen MR) is 271 cm³/mol. The Bertz CT molecular complexity index is 3930. The van der Waals surface area contributed by atoms with Crippen molar-refractivity contribution in [1.82, 2.24) is 19.5 Å². The number of rotatable bonds is 6. The van der Waals surface area contributed by atoms with Gasteiger partial charge in [0.05, 0.1) is 33.6 Å². The van der Waals surface area contributed by atoms with E-state index in [-0.39, 0.29) is 0 Å². The van der Waals surface area contributed by atoms with E-state index < -0.39 is 0 Å². The van der Waals surface area contributed by atoms with Gasteiger partial charge in [0.1, 0.15) is 0 Å². The second-order valence-electron chi connectivity index (χ2n) is 16.8. The summed E-state index contributed by atoms with van der Waals surface area (Å²) < 4.78 is 2.45. The van der Waals surface area contributed by atoms with E-state index in [2.05, 4.69) is 223 Å². The Hall–Kier alpha value is -8.73. The van der Waals surface area contributed by atoms with Crippen LogP contribution in [-0.2, 0) is 0 Å². The molecule has 13 rings (SSSR count). The number of hydrogen-bond acceptors (Lipinski definition) is 3. The van der Waals surface area contributed by atoms with Gasteiger partial charge in [0.2, 0.25) is 0 Å². The first-order valence-corrected chi connectivity index (χ1v) is 22.1. The quantitative estimate of drug-likeness (QED) is 0.157. The predicted octanol–water partition coefficient (Wildman–Crippen LogP) is 15.9. The molecule has 0 amide bonds. The van der Waals surface area contributed by atoms with Crippen LogP contribution in [0.5, 0.6) is 0 Å². The molecule has 0 spiro atoms. The molecule has 0 bridgehead atoms. The van der Waals surface area contributed by atoms with Crippen LogP contribution in [0.25, 0.3) is 127 Å². The largest absolute Gasteiger partial charge is 0.309 e. The minimum atomic E-state index is 0.692. The SMILES string of the molecule is c1ccc(-c2cc(-c3ccccc3)nc(-c3ccc(-c4cccc5c4c4cc6c(cc4n5-c4ccc5ccccc5c4)c(-c4ccc5ccccc5c4)nc4ccccc46)cc3)n2)cc1. The third-order valence-electron chi connectivity index (χ3n) is 12.9. The zero-order valence-corrected chi connectivity index (χ0v) is 35.2. The smallest absolute Gasteiger partial charge is 0.160 e. The summed E-state index contributed by atoms with van der Waals surface area (Å²) in [4.78, 5) is 15.7. The van der Waals surface area contributed by atoms with Crippen molar-refractivity contribution in [2.45, 2.75) is 0 Å². The fraction of sp³-hybridized carbons (Fsp3) is 0. The molecular weight excluding hydrogens is 789 g/mol. The Labute approximate surface area is 375 Å². The van der Waals surface area contributed by atoms with Gasteiger partial charge in [0, 0.05) is 49.5 Å². The molecule has 4 nitrogen and oxygen atoms in total. The van der Waals surface area contributed by atoms with Gasteiger partial charge in [-0.25, -0.2) is 15.0 Å². The van der Waals surface area contributed by atoms with Crippen molar-refractivity contribution in [2.75, 3.05) is 0 Å². The number of benzene rings is 10. The molecule has 13 aromatic rings. The molecule has 302 valence electrons. The normalized spacial score (nSPS) is 11.7. The van der Waals surface area contributed by atoms with Gasteiger partial charge in [0.15, 0.2) is 5.82 Å². The Morgan fingerprint density at radius 3 is 1.63 bits per heavy atom. The second kappa shape index (κ2) is 15.0. The Balaban J connectivity index is 1.04. The average Bonchev–Trinajstić information content (AvgIpc) is 3.71. The first-order valence-electron chi connectivity index (χ1n) is 22.1. The van der Waals surface area contributed by atoms with Gasteiger partial charge >= 0.3 is 0 Å². The average molecular weight is 827 g/mol. The molecule has 3 heterocycles. The number of fused-ring (bicyclic) bond motifs is 8. The Morgan fingerprint density at radius 1 is 0.308 bits per heavy atom. The highest BCUT2D eigenvalue weighted by molar-refractivity contribution is 6.23. The first-order chi connectivity index (χ1) is 32.2. The number of hydrogen-bond donors (Lipinski definition) is 0. The van der Waals surface area contributed by atoms with E-state index in [0.29, 0.717) is 5.82 Å². The van der Waals surface area contributed by atoms with Crippen LogP contribution in [0.3, 0.4) is 0 Å². The maximum absolute atomic E-state index is 5.41. The molecule has 0 fully saturated rings. The molecule has 4 heteroatoms. The fourth-order valence-corrected chi connectivity index (χ4v) is 9.79. The highest BCUT2D eigenvalue weighted by Crippen LogP contribution is 2.44. The molecule has 0 atom stereocenters. The highest BCUT2D eigenvalue weighted by Gasteiger charge is 2.21. The molecule has 0 aliphatic carbocycles. The van der Waals surface area contributed by atoms with Crippen LogP contribution < -0.4 is 0 Å². The molecule has 0 unspecified atom stereocenters. The van der Waals surface area contributed by atoms with E-state index in [1.807, 2.05) is 12.1 Å². The van der Waals surface area contributed by atoms with Crippen molar-refractivity contribution in [3.63, 3.8) is 0 Å². The van der Waals surface area contributed by atoms with E-state index in [4.69, 9.17) is 15.0 Å². The summed E-state index contributed by atoms with van der Waals surface area (Å²) >= 11 is 0. The summed E-state index contributed by atoms with van der Waals surface area (Å²) in [6.45, 7) is 0. The molecule has 0 radical (unpaired) electrons. The number of para-hydroxylation sites is 1. The van der Waals surface area contributed by atoms with Crippen LogP contribution >= 0.6 is 0 Å². The molecule has 0 aliphatic rings. The first kappa shape index (κ1) is 36.9. The zero-order valence-electron chi connectivity index (χ0n) is 35.2. The van der Waals surface area contributed by atoms with Crippen LogP contribution in [0, 0.1) is 0 Å². The summed E-state index contributed by atoms with van der Waals surface area (Å²) in [7, 11) is 0. The van der Waals surface area contributed by atoms with Crippen LogP contribution in [0.1, 0.15) is 0 Å². The maximum Gasteiger partial charge on any atom is 0.160 e. The summed E-state index contributed by atoms with van der Waals surface area (Å²) in [5, 5.41) is 10.6. The van der Waals surface area contributed by atoms with Crippen LogP contribution in [0.15, 0.2) is 231 Å². The van der Waals surface area contributed by atoms with Crippen molar-refractivity contribution in [1.29, 1.82) is 0 Å². The lowest BCUT2D eigenvalue weighted by Gasteiger charge is -2.13. The lowest BCUT2D eigenvalue weighted by atomic mass is 9.95. The fourth-order valence-electron chi connectivity index (χ4n) is 9.79. The number of aromatic nitrogens is 4. The summed E-state index contributed by atoms with van der Waals surface area (Å²) in [6.07, 6.45) is 0. The Morgan fingerprint density at radius 2 is 0.908 bits per heavy atom. The van der Waals surface area contributed by atoms with Crippen molar-refractivity contribution >= 4 is 65.0 Å². The lowest BCUT2D eigenvalue weighted by molar-refractivity contribution is 1.18. The molecule has 65 heavy (non-hydrogen) atoms. The van der Waals surface area contributed by atoms with Gasteiger partial charge in [0.25, 0.3) is 0 Å². The van der Waals surface area contributed by atoms with E-state index in [9.17, 15) is 0 Å². The minimum absolute atomic E-state index is 0.692. The molecule has 0 aliphatic heterocycles. The standard InChI is InChI=1S/C61H38N4/c1-3-16-42(17-4-1)55-38-56(43-18-5-2-6-19-43)64-61(63-55)44-29-27-41(28-30-44)49-23-13-25-57-59(49)53-36-51-50-22-11-12-24-54(50)62-60(47-31-26-39-14-7-9-20-45(39)34-47)52(51)37-58(53)65(57)48-33-32-40-15-8-10-21-46(40)35-48/h1-38H. The van der Waals surface area contributed by atoms with E-state index in [0.717, 1.165) is 83.5 Å². The Kier molecular flexibility index (Phi) is 8.50. The summed E-state index contributed by atoms with van der Waals surface area (Å²) in [5.41, 5.74) is 13.6. The van der Waals surface area contributed by atoms with Crippen LogP contribution in [0.4, 0.5) is 0 Å². The number of nitrogens with zero attached hydrogens (tertiary/aromatic N) is 4. The van der Waals surface area contributed by atoms with Crippen molar-refractivity contribution in [3.8, 4) is 62.0 Å². The lowest BCUT2D eigenvalue weighted by Crippen LogP contribution is -1.96. The van der Waals surface area contributed by atoms with Gasteiger partial charge in [-0.3, -0.25) is 0 Å². The summed E-state index contributed by atoms with van der Waals surface area (Å²) in [6, 6.07) is 82.3. The molecule has 0 saturated heterocycles. The third kappa shape index (κ3) is 6.26. The van der Waals surface area contributed by atoms with Crippen molar-refractivity contribution in [3.05, 3.63) is 231 Å². The van der Waals surface area contributed by atoms with Crippen molar-refractivity contribution in [2.24, 2.45) is 0 Å². The monoisotopic (exact) mass is 826 g/mol. The third-order valence-corrected chi connectivity index (χ3v) is 12.9. The van der Waals surface area contributed by atoms with Gasteiger partial charge < -0.3 is 4.57 Å². The maximum atomic E-state index is 5.41. The van der Waals surface area contributed by atoms with Crippen molar-refractivity contribution < 1.29 is 0 Å². The molecule has 0 N–H and O–H groups in total. The number of pyridine rings is 1. The summed E-state index contributed by atoms with van der Waals surface area (Å²) in [5.74, 6) is 0.692. The van der Waals surface area contributed by atoms with Crippen LogP contribution in [-0.4, -0.2) is 19.5 Å². The molecule has 0 saturated carbocycles. The molecule has 10 aromatic carbocycles. The molecular formula is C61H38N4. The van der Waals surface area contributed by atoms with E-state index >= 15 is 0 Å². The van der Waals surface area contributed by atoms with Gasteiger partial charge in [-0.15, -0.1) is 0 Å². The van der Waals surface area contributed by atoms with Gasteiger partial charge in [-0.1, -0.05) is 182 Å². The zero-order chi connectivity index (χ0) is 42.8. The minimum Gasteiger partial charge on any atom is -0.309 e. The topological polar surface area (TPSA) is 43.6 Å².